The van der Waals surface area contributed by atoms with Crippen LogP contribution in [0.2, 0.25) is 10.0 Å². The molecule has 0 atom stereocenters. The first-order chi connectivity index (χ1) is 13.1. The van der Waals surface area contributed by atoms with Crippen LogP contribution in [0.3, 0.4) is 0 Å². The molecule has 0 saturated heterocycles. The van der Waals surface area contributed by atoms with Crippen LogP contribution >= 0.6 is 23.2 Å². The second-order valence-corrected chi connectivity index (χ2v) is 6.95. The van der Waals surface area contributed by atoms with Gasteiger partial charge in [0.2, 0.25) is 0 Å². The number of amides is 1. The van der Waals surface area contributed by atoms with Crippen LogP contribution < -0.4 is 5.32 Å². The lowest BCUT2D eigenvalue weighted by Crippen LogP contribution is -2.24. The van der Waals surface area contributed by atoms with Crippen molar-refractivity contribution in [3.8, 4) is 11.1 Å². The summed E-state index contributed by atoms with van der Waals surface area (Å²) in [6.45, 7) is 0.401. The monoisotopic (exact) mass is 395 g/mol. The molecule has 1 N–H and O–H groups in total. The van der Waals surface area contributed by atoms with Gasteiger partial charge in [0.1, 0.15) is 5.65 Å². The molecular formula is C21H15Cl2N3O. The molecule has 0 saturated carbocycles. The van der Waals surface area contributed by atoms with Gasteiger partial charge in [0, 0.05) is 35.2 Å². The Kier molecular flexibility index (Phi) is 4.84. The molecule has 134 valence electrons. The molecular weight excluding hydrogens is 381 g/mol. The molecule has 4 nitrogen and oxygen atoms in total. The van der Waals surface area contributed by atoms with Crippen molar-refractivity contribution >= 4 is 34.8 Å². The molecule has 2 heterocycles. The highest BCUT2D eigenvalue weighted by molar-refractivity contribution is 6.30. The molecule has 0 radical (unpaired) electrons. The fourth-order valence-corrected chi connectivity index (χ4v) is 3.20. The topological polar surface area (TPSA) is 46.4 Å². The van der Waals surface area contributed by atoms with E-state index in [1.807, 2.05) is 59.3 Å². The molecule has 0 aliphatic heterocycles. The lowest BCUT2D eigenvalue weighted by atomic mass is 10.0. The third-order valence-corrected chi connectivity index (χ3v) is 4.82. The first-order valence-electron chi connectivity index (χ1n) is 8.36. The number of aromatic nitrogens is 2. The maximum Gasteiger partial charge on any atom is 0.255 e. The van der Waals surface area contributed by atoms with E-state index in [2.05, 4.69) is 10.3 Å². The first kappa shape index (κ1) is 17.6. The predicted molar refractivity (Wildman–Crippen MR) is 108 cm³/mol. The van der Waals surface area contributed by atoms with Crippen molar-refractivity contribution in [2.45, 2.75) is 6.54 Å². The standard InChI is InChI=1S/C21H15Cl2N3O/c22-16-5-1-14(2-6-16)13-25-21(27)19-18(15-3-7-17(23)8-4-15)9-11-26-12-10-24-20(19)26/h1-12H,13H2,(H,25,27). The van der Waals surface area contributed by atoms with Crippen molar-refractivity contribution in [3.63, 3.8) is 0 Å². The predicted octanol–water partition coefficient (Wildman–Crippen LogP) is 5.24. The van der Waals surface area contributed by atoms with E-state index >= 15 is 0 Å². The quantitative estimate of drug-likeness (QED) is 0.513. The number of carbonyl (C=O) groups is 1. The van der Waals surface area contributed by atoms with E-state index in [-0.39, 0.29) is 5.91 Å². The summed E-state index contributed by atoms with van der Waals surface area (Å²) < 4.78 is 1.83. The summed E-state index contributed by atoms with van der Waals surface area (Å²) in [4.78, 5) is 17.4. The molecule has 0 aliphatic rings. The lowest BCUT2D eigenvalue weighted by molar-refractivity contribution is 0.0952. The molecule has 0 spiro atoms. The summed E-state index contributed by atoms with van der Waals surface area (Å²) in [5, 5.41) is 4.29. The van der Waals surface area contributed by atoms with E-state index in [1.54, 1.807) is 18.3 Å². The van der Waals surface area contributed by atoms with Crippen molar-refractivity contribution in [1.29, 1.82) is 0 Å². The van der Waals surface area contributed by atoms with Gasteiger partial charge >= 0.3 is 0 Å². The van der Waals surface area contributed by atoms with Gasteiger partial charge in [-0.25, -0.2) is 4.98 Å². The van der Waals surface area contributed by atoms with E-state index in [0.29, 0.717) is 27.8 Å². The molecule has 1 amide bonds. The lowest BCUT2D eigenvalue weighted by Gasteiger charge is -2.12. The highest BCUT2D eigenvalue weighted by atomic mass is 35.5. The summed E-state index contributed by atoms with van der Waals surface area (Å²) in [6.07, 6.45) is 5.39. The number of rotatable bonds is 4. The third-order valence-electron chi connectivity index (χ3n) is 4.31. The first-order valence-corrected chi connectivity index (χ1v) is 9.12. The summed E-state index contributed by atoms with van der Waals surface area (Å²) in [7, 11) is 0. The van der Waals surface area contributed by atoms with Gasteiger partial charge in [-0.2, -0.15) is 0 Å². The minimum Gasteiger partial charge on any atom is -0.348 e. The van der Waals surface area contributed by atoms with E-state index in [9.17, 15) is 4.79 Å². The molecule has 27 heavy (non-hydrogen) atoms. The van der Waals surface area contributed by atoms with Crippen LogP contribution in [0.25, 0.3) is 16.8 Å². The second-order valence-electron chi connectivity index (χ2n) is 6.08. The normalized spacial score (nSPS) is 10.9. The van der Waals surface area contributed by atoms with Crippen molar-refractivity contribution in [3.05, 3.63) is 94.4 Å². The highest BCUT2D eigenvalue weighted by Gasteiger charge is 2.18. The maximum absolute atomic E-state index is 13.0. The van der Waals surface area contributed by atoms with Gasteiger partial charge < -0.3 is 9.72 Å². The van der Waals surface area contributed by atoms with Crippen LogP contribution in [0.15, 0.2) is 73.2 Å². The minimum atomic E-state index is -0.188. The molecule has 0 aliphatic carbocycles. The van der Waals surface area contributed by atoms with E-state index in [1.165, 1.54) is 0 Å². The smallest absolute Gasteiger partial charge is 0.255 e. The van der Waals surface area contributed by atoms with Crippen molar-refractivity contribution in [1.82, 2.24) is 14.7 Å². The number of halogens is 2. The highest BCUT2D eigenvalue weighted by Crippen LogP contribution is 2.27. The van der Waals surface area contributed by atoms with E-state index in [4.69, 9.17) is 23.2 Å². The van der Waals surface area contributed by atoms with Gasteiger partial charge in [0.15, 0.2) is 0 Å². The molecule has 0 bridgehead atoms. The Bertz CT molecular complexity index is 1100. The zero-order valence-corrected chi connectivity index (χ0v) is 15.7. The Balaban J connectivity index is 1.71. The van der Waals surface area contributed by atoms with Gasteiger partial charge in [-0.05, 0) is 47.0 Å². The average molecular weight is 396 g/mol. The number of benzene rings is 2. The van der Waals surface area contributed by atoms with Crippen LogP contribution in [-0.4, -0.2) is 15.3 Å². The van der Waals surface area contributed by atoms with Gasteiger partial charge in [-0.1, -0.05) is 47.5 Å². The van der Waals surface area contributed by atoms with Crippen LogP contribution in [0.5, 0.6) is 0 Å². The molecule has 0 unspecified atom stereocenters. The molecule has 2 aromatic heterocycles. The second kappa shape index (κ2) is 7.43. The number of nitrogens with one attached hydrogen (secondary N) is 1. The largest absolute Gasteiger partial charge is 0.348 e. The number of fused-ring (bicyclic) bond motifs is 1. The maximum atomic E-state index is 13.0. The van der Waals surface area contributed by atoms with Gasteiger partial charge in [-0.15, -0.1) is 0 Å². The summed E-state index contributed by atoms with van der Waals surface area (Å²) in [6, 6.07) is 16.7. The van der Waals surface area contributed by atoms with Crippen molar-refractivity contribution in [2.75, 3.05) is 0 Å². The summed E-state index contributed by atoms with van der Waals surface area (Å²) in [5.74, 6) is -0.188. The Hall–Kier alpha value is -2.82. The van der Waals surface area contributed by atoms with E-state index < -0.39 is 0 Å². The van der Waals surface area contributed by atoms with Crippen LogP contribution in [0.1, 0.15) is 15.9 Å². The van der Waals surface area contributed by atoms with Crippen molar-refractivity contribution in [2.24, 2.45) is 0 Å². The summed E-state index contributed by atoms with van der Waals surface area (Å²) in [5.41, 5.74) is 3.81. The fraction of sp³-hybridized carbons (Fsp3) is 0.0476. The SMILES string of the molecule is O=C(NCc1ccc(Cl)cc1)c1c(-c2ccc(Cl)cc2)ccn2ccnc12. The van der Waals surface area contributed by atoms with Crippen LogP contribution in [0, 0.1) is 0 Å². The fourth-order valence-electron chi connectivity index (χ4n) is 2.95. The molecule has 0 fully saturated rings. The Morgan fingerprint density at radius 3 is 2.30 bits per heavy atom. The number of pyridine rings is 1. The van der Waals surface area contributed by atoms with Crippen LogP contribution in [0.4, 0.5) is 0 Å². The van der Waals surface area contributed by atoms with Gasteiger partial charge in [0.05, 0.1) is 5.56 Å². The average Bonchev–Trinajstić information content (AvgIpc) is 3.16. The number of hydrogen-bond acceptors (Lipinski definition) is 2. The van der Waals surface area contributed by atoms with Gasteiger partial charge in [-0.3, -0.25) is 4.79 Å². The number of hydrogen-bond donors (Lipinski definition) is 1. The Morgan fingerprint density at radius 2 is 1.59 bits per heavy atom. The molecule has 4 aromatic rings. The minimum absolute atomic E-state index is 0.188. The zero-order valence-electron chi connectivity index (χ0n) is 14.2. The van der Waals surface area contributed by atoms with Gasteiger partial charge in [0.25, 0.3) is 5.91 Å². The number of imidazole rings is 1. The number of carbonyl (C=O) groups excluding carboxylic acids is 1. The third kappa shape index (κ3) is 3.68. The van der Waals surface area contributed by atoms with Crippen molar-refractivity contribution < 1.29 is 4.79 Å². The molecule has 4 rings (SSSR count). The number of nitrogens with zero attached hydrogens (tertiary/aromatic N) is 2. The Morgan fingerprint density at radius 1 is 0.926 bits per heavy atom. The molecule has 2 aromatic carbocycles. The zero-order chi connectivity index (χ0) is 18.8. The molecule has 6 heteroatoms. The van der Waals surface area contributed by atoms with Crippen LogP contribution in [-0.2, 0) is 6.54 Å². The van der Waals surface area contributed by atoms with E-state index in [0.717, 1.165) is 16.7 Å². The Labute approximate surface area is 166 Å². The summed E-state index contributed by atoms with van der Waals surface area (Å²) >= 11 is 11.9.